The van der Waals surface area contributed by atoms with Crippen molar-refractivity contribution in [3.8, 4) is 5.75 Å². The number of carbonyl (C=O) groups excluding carboxylic acids is 1. The second kappa shape index (κ2) is 9.98. The number of hydrogen-bond donors (Lipinski definition) is 2. The lowest BCUT2D eigenvalue weighted by Crippen LogP contribution is -2.30. The number of methoxy groups -OCH3 is 1. The topological polar surface area (TPSA) is 73.6 Å². The van der Waals surface area contributed by atoms with E-state index in [2.05, 4.69) is 5.32 Å². The highest BCUT2D eigenvalue weighted by atomic mass is 35.5. The second-order valence-corrected chi connectivity index (χ2v) is 5.89. The SMILES string of the molecule is COCCOc1c(Cl)cccc1NC(=O)[C@@H]1CCC[C@@H]1CN.Cl. The zero-order valence-electron chi connectivity index (χ0n) is 13.2. The van der Waals surface area contributed by atoms with Gasteiger partial charge in [-0.1, -0.05) is 24.1 Å². The molecule has 1 amide bonds. The van der Waals surface area contributed by atoms with Gasteiger partial charge in [-0.3, -0.25) is 4.79 Å². The molecule has 2 atom stereocenters. The van der Waals surface area contributed by atoms with Crippen LogP contribution < -0.4 is 15.8 Å². The lowest BCUT2D eigenvalue weighted by Gasteiger charge is -2.19. The largest absolute Gasteiger partial charge is 0.487 e. The molecular weight excluding hydrogens is 339 g/mol. The molecule has 1 aromatic carbocycles. The van der Waals surface area contributed by atoms with Crippen LogP contribution in [0, 0.1) is 11.8 Å². The molecule has 5 nitrogen and oxygen atoms in total. The number of nitrogens with two attached hydrogens (primary N) is 1. The minimum Gasteiger partial charge on any atom is -0.487 e. The van der Waals surface area contributed by atoms with Crippen LogP contribution in [-0.2, 0) is 9.53 Å². The quantitative estimate of drug-likeness (QED) is 0.730. The molecule has 130 valence electrons. The molecule has 3 N–H and O–H groups in total. The minimum atomic E-state index is -0.0317. The van der Waals surface area contributed by atoms with Gasteiger partial charge in [0.05, 0.1) is 17.3 Å². The number of hydrogen-bond acceptors (Lipinski definition) is 4. The molecule has 1 saturated carbocycles. The average Bonchev–Trinajstić information content (AvgIpc) is 2.98. The summed E-state index contributed by atoms with van der Waals surface area (Å²) in [4.78, 5) is 12.5. The number of rotatable bonds is 7. The Kier molecular flexibility index (Phi) is 8.69. The lowest BCUT2D eigenvalue weighted by molar-refractivity contribution is -0.120. The number of amides is 1. The highest BCUT2D eigenvalue weighted by Gasteiger charge is 2.32. The van der Waals surface area contributed by atoms with Gasteiger partial charge in [0.15, 0.2) is 5.75 Å². The van der Waals surface area contributed by atoms with Gasteiger partial charge in [0, 0.05) is 13.0 Å². The van der Waals surface area contributed by atoms with Crippen molar-refractivity contribution in [3.63, 3.8) is 0 Å². The van der Waals surface area contributed by atoms with Crippen molar-refractivity contribution in [1.82, 2.24) is 0 Å². The fraction of sp³-hybridized carbons (Fsp3) is 0.562. The van der Waals surface area contributed by atoms with Crippen LogP contribution >= 0.6 is 24.0 Å². The van der Waals surface area contributed by atoms with Crippen LogP contribution in [-0.4, -0.2) is 32.8 Å². The van der Waals surface area contributed by atoms with E-state index in [1.165, 1.54) is 0 Å². The smallest absolute Gasteiger partial charge is 0.227 e. The molecule has 0 aromatic heterocycles. The summed E-state index contributed by atoms with van der Waals surface area (Å²) >= 11 is 6.17. The first-order valence-corrected chi connectivity index (χ1v) is 7.96. The zero-order valence-corrected chi connectivity index (χ0v) is 14.8. The number of benzene rings is 1. The van der Waals surface area contributed by atoms with E-state index in [-0.39, 0.29) is 30.2 Å². The van der Waals surface area contributed by atoms with Crippen LogP contribution in [0.15, 0.2) is 18.2 Å². The number of carbonyl (C=O) groups is 1. The van der Waals surface area contributed by atoms with Crippen LogP contribution in [0.2, 0.25) is 5.02 Å². The van der Waals surface area contributed by atoms with Crippen molar-refractivity contribution in [2.24, 2.45) is 17.6 Å². The Hall–Kier alpha value is -1.01. The summed E-state index contributed by atoms with van der Waals surface area (Å²) in [5.74, 6) is 0.705. The normalized spacial score (nSPS) is 20.0. The Morgan fingerprint density at radius 3 is 2.87 bits per heavy atom. The van der Waals surface area contributed by atoms with E-state index in [0.717, 1.165) is 19.3 Å². The van der Waals surface area contributed by atoms with E-state index in [1.807, 2.05) is 0 Å². The molecule has 1 aliphatic rings. The summed E-state index contributed by atoms with van der Waals surface area (Å²) in [7, 11) is 1.60. The van der Waals surface area contributed by atoms with Gasteiger partial charge < -0.3 is 20.5 Å². The molecule has 0 unspecified atom stereocenters. The number of halogens is 2. The van der Waals surface area contributed by atoms with Crippen LogP contribution in [0.25, 0.3) is 0 Å². The van der Waals surface area contributed by atoms with E-state index >= 15 is 0 Å². The Bertz CT molecular complexity index is 514. The molecule has 0 radical (unpaired) electrons. The van der Waals surface area contributed by atoms with Crippen molar-refractivity contribution in [2.75, 3.05) is 32.2 Å². The Labute approximate surface area is 148 Å². The summed E-state index contributed by atoms with van der Waals surface area (Å²) in [6.07, 6.45) is 2.95. The molecule has 0 aliphatic heterocycles. The van der Waals surface area contributed by atoms with E-state index < -0.39 is 0 Å². The van der Waals surface area contributed by atoms with E-state index in [4.69, 9.17) is 26.8 Å². The molecule has 1 aromatic rings. The monoisotopic (exact) mass is 362 g/mol. The van der Waals surface area contributed by atoms with Gasteiger partial charge >= 0.3 is 0 Å². The fourth-order valence-electron chi connectivity index (χ4n) is 2.87. The van der Waals surface area contributed by atoms with Gasteiger partial charge in [0.25, 0.3) is 0 Å². The predicted octanol–water partition coefficient (Wildman–Crippen LogP) is 3.10. The standard InChI is InChI=1S/C16H23ClN2O3.ClH/c1-21-8-9-22-15-13(17)6-3-7-14(15)19-16(20)12-5-2-4-11(12)10-18;/h3,6-7,11-12H,2,4-5,8-10,18H2,1H3,(H,19,20);1H/t11-,12-;/m1./s1. The fourth-order valence-corrected chi connectivity index (χ4v) is 3.10. The van der Waals surface area contributed by atoms with Crippen molar-refractivity contribution in [1.29, 1.82) is 0 Å². The molecule has 23 heavy (non-hydrogen) atoms. The van der Waals surface area contributed by atoms with Gasteiger partial charge in [-0.15, -0.1) is 12.4 Å². The number of anilines is 1. The third-order valence-corrected chi connectivity index (χ3v) is 4.35. The third kappa shape index (κ3) is 5.24. The maximum atomic E-state index is 12.5. The summed E-state index contributed by atoms with van der Waals surface area (Å²) in [5.41, 5.74) is 6.34. The number of para-hydroxylation sites is 1. The minimum absolute atomic E-state index is 0. The molecule has 0 spiro atoms. The molecule has 1 fully saturated rings. The third-order valence-electron chi connectivity index (χ3n) is 4.06. The highest BCUT2D eigenvalue weighted by molar-refractivity contribution is 6.32. The van der Waals surface area contributed by atoms with Crippen molar-refractivity contribution in [3.05, 3.63) is 23.2 Å². The van der Waals surface area contributed by atoms with Crippen LogP contribution in [0.3, 0.4) is 0 Å². The summed E-state index contributed by atoms with van der Waals surface area (Å²) in [6, 6.07) is 5.31. The number of ether oxygens (including phenoxy) is 2. The average molecular weight is 363 g/mol. The van der Waals surface area contributed by atoms with E-state index in [0.29, 0.717) is 36.2 Å². The molecule has 0 heterocycles. The molecule has 2 rings (SSSR count). The van der Waals surface area contributed by atoms with Crippen molar-refractivity contribution < 1.29 is 14.3 Å². The van der Waals surface area contributed by atoms with Crippen LogP contribution in [0.4, 0.5) is 5.69 Å². The number of nitrogens with one attached hydrogen (secondary N) is 1. The van der Waals surface area contributed by atoms with Gasteiger partial charge in [-0.25, -0.2) is 0 Å². The predicted molar refractivity (Wildman–Crippen MR) is 94.6 cm³/mol. The van der Waals surface area contributed by atoms with Crippen molar-refractivity contribution >= 4 is 35.6 Å². The Morgan fingerprint density at radius 1 is 1.39 bits per heavy atom. The van der Waals surface area contributed by atoms with Gasteiger partial charge in [0.2, 0.25) is 5.91 Å². The zero-order chi connectivity index (χ0) is 15.9. The maximum Gasteiger partial charge on any atom is 0.227 e. The molecule has 1 aliphatic carbocycles. The highest BCUT2D eigenvalue weighted by Crippen LogP contribution is 2.36. The first-order valence-electron chi connectivity index (χ1n) is 7.58. The summed E-state index contributed by atoms with van der Waals surface area (Å²) in [5, 5.41) is 3.41. The molecule has 7 heteroatoms. The summed E-state index contributed by atoms with van der Waals surface area (Å²) < 4.78 is 10.6. The van der Waals surface area contributed by atoms with Gasteiger partial charge in [-0.05, 0) is 37.4 Å². The van der Waals surface area contributed by atoms with E-state index in [1.54, 1.807) is 25.3 Å². The Morgan fingerprint density at radius 2 is 2.17 bits per heavy atom. The van der Waals surface area contributed by atoms with Gasteiger partial charge in [0.1, 0.15) is 6.61 Å². The Balaban J connectivity index is 0.00000264. The maximum absolute atomic E-state index is 12.5. The summed E-state index contributed by atoms with van der Waals surface area (Å²) in [6.45, 7) is 1.37. The van der Waals surface area contributed by atoms with Crippen LogP contribution in [0.1, 0.15) is 19.3 Å². The lowest BCUT2D eigenvalue weighted by atomic mass is 9.95. The van der Waals surface area contributed by atoms with Gasteiger partial charge in [-0.2, -0.15) is 0 Å². The first kappa shape index (κ1) is 20.0. The van der Waals surface area contributed by atoms with E-state index in [9.17, 15) is 4.79 Å². The molecule has 0 bridgehead atoms. The van der Waals surface area contributed by atoms with Crippen molar-refractivity contribution in [2.45, 2.75) is 19.3 Å². The molecule has 0 saturated heterocycles. The first-order chi connectivity index (χ1) is 10.7. The van der Waals surface area contributed by atoms with Crippen LogP contribution in [0.5, 0.6) is 5.75 Å². The molecular formula is C16H24Cl2N2O3. The second-order valence-electron chi connectivity index (χ2n) is 5.48.